The van der Waals surface area contributed by atoms with E-state index in [2.05, 4.69) is 6.92 Å². The Balaban J connectivity index is 2.37. The lowest BCUT2D eigenvalue weighted by atomic mass is 10.2. The highest BCUT2D eigenvalue weighted by Gasteiger charge is 2.04. The molecule has 0 heterocycles. The van der Waals surface area contributed by atoms with Gasteiger partial charge in [-0.3, -0.25) is 0 Å². The first-order valence-corrected chi connectivity index (χ1v) is 6.39. The Hall–Kier alpha value is -1.26. The molecule has 102 valence electrons. The Morgan fingerprint density at radius 3 is 2.61 bits per heavy atom. The van der Waals surface area contributed by atoms with Crippen molar-refractivity contribution in [3.8, 4) is 11.5 Å². The molecule has 0 atom stereocenters. The summed E-state index contributed by atoms with van der Waals surface area (Å²) in [6.45, 7) is 4.56. The molecule has 4 nitrogen and oxygen atoms in total. The van der Waals surface area contributed by atoms with Crippen molar-refractivity contribution < 1.29 is 14.2 Å². The number of unbranched alkanes of at least 4 members (excludes halogenated alkanes) is 1. The summed E-state index contributed by atoms with van der Waals surface area (Å²) in [5, 5.41) is 0. The van der Waals surface area contributed by atoms with E-state index in [1.54, 1.807) is 7.11 Å². The topological polar surface area (TPSA) is 53.7 Å². The highest BCUT2D eigenvalue weighted by atomic mass is 16.5. The largest absolute Gasteiger partial charge is 0.493 e. The summed E-state index contributed by atoms with van der Waals surface area (Å²) in [5.74, 6) is 1.44. The van der Waals surface area contributed by atoms with E-state index in [0.29, 0.717) is 25.5 Å². The molecule has 4 heteroatoms. The fourth-order valence-electron chi connectivity index (χ4n) is 1.52. The summed E-state index contributed by atoms with van der Waals surface area (Å²) in [6, 6.07) is 5.72. The van der Waals surface area contributed by atoms with Crippen molar-refractivity contribution in [1.29, 1.82) is 0 Å². The lowest BCUT2D eigenvalue weighted by molar-refractivity contribution is 0.0970. The van der Waals surface area contributed by atoms with Crippen LogP contribution in [0.15, 0.2) is 18.2 Å². The van der Waals surface area contributed by atoms with E-state index < -0.39 is 0 Å². The second-order valence-corrected chi connectivity index (χ2v) is 4.00. The molecule has 0 fully saturated rings. The predicted octanol–water partition coefficient (Wildman–Crippen LogP) is 2.35. The molecule has 0 aliphatic heterocycles. The van der Waals surface area contributed by atoms with Gasteiger partial charge in [0.15, 0.2) is 11.5 Å². The van der Waals surface area contributed by atoms with Crippen LogP contribution in [0.25, 0.3) is 0 Å². The van der Waals surface area contributed by atoms with Gasteiger partial charge in [0.05, 0.1) is 13.7 Å². The Bertz CT molecular complexity index is 342. The van der Waals surface area contributed by atoms with Crippen molar-refractivity contribution in [2.75, 3.05) is 26.9 Å². The molecule has 0 aromatic heterocycles. The van der Waals surface area contributed by atoms with Crippen molar-refractivity contribution in [3.63, 3.8) is 0 Å². The minimum atomic E-state index is 0.497. The quantitative estimate of drug-likeness (QED) is 0.686. The predicted molar refractivity (Wildman–Crippen MR) is 72.1 cm³/mol. The van der Waals surface area contributed by atoms with Gasteiger partial charge in [-0.25, -0.2) is 0 Å². The third kappa shape index (κ3) is 4.94. The van der Waals surface area contributed by atoms with E-state index in [1.165, 1.54) is 0 Å². The molecule has 0 aliphatic rings. The number of rotatable bonds is 9. The van der Waals surface area contributed by atoms with Crippen LogP contribution in [-0.2, 0) is 11.3 Å². The highest BCUT2D eigenvalue weighted by molar-refractivity contribution is 5.42. The maximum absolute atomic E-state index is 5.62. The van der Waals surface area contributed by atoms with Crippen molar-refractivity contribution >= 4 is 0 Å². The average molecular weight is 253 g/mol. The third-order valence-corrected chi connectivity index (χ3v) is 2.59. The molecule has 0 amide bonds. The molecule has 0 saturated carbocycles. The normalized spacial score (nSPS) is 10.4. The highest BCUT2D eigenvalue weighted by Crippen LogP contribution is 2.27. The van der Waals surface area contributed by atoms with Gasteiger partial charge in [0.25, 0.3) is 0 Å². The standard InChI is InChI=1S/C14H23NO3/c1-3-4-7-17-8-9-18-13-6-5-12(11-15)10-14(13)16-2/h5-6,10H,3-4,7-9,11,15H2,1-2H3. The first kappa shape index (κ1) is 14.8. The van der Waals surface area contributed by atoms with E-state index in [1.807, 2.05) is 18.2 Å². The Labute approximate surface area is 109 Å². The van der Waals surface area contributed by atoms with Gasteiger partial charge in [0, 0.05) is 13.2 Å². The molecule has 0 spiro atoms. The first-order valence-electron chi connectivity index (χ1n) is 6.39. The summed E-state index contributed by atoms with van der Waals surface area (Å²) in [7, 11) is 1.63. The smallest absolute Gasteiger partial charge is 0.161 e. The summed E-state index contributed by atoms with van der Waals surface area (Å²) in [5.41, 5.74) is 6.60. The van der Waals surface area contributed by atoms with Gasteiger partial charge in [-0.05, 0) is 24.1 Å². The molecule has 18 heavy (non-hydrogen) atoms. The molecule has 2 N–H and O–H groups in total. The van der Waals surface area contributed by atoms with Gasteiger partial charge >= 0.3 is 0 Å². The fourth-order valence-corrected chi connectivity index (χ4v) is 1.52. The molecule has 0 radical (unpaired) electrons. The molecular formula is C14H23NO3. The van der Waals surface area contributed by atoms with Crippen molar-refractivity contribution in [2.24, 2.45) is 5.73 Å². The molecule has 0 saturated heterocycles. The van der Waals surface area contributed by atoms with E-state index in [9.17, 15) is 0 Å². The number of hydrogen-bond acceptors (Lipinski definition) is 4. The van der Waals surface area contributed by atoms with Crippen molar-refractivity contribution in [2.45, 2.75) is 26.3 Å². The maximum atomic E-state index is 5.62. The molecule has 1 rings (SSSR count). The zero-order valence-corrected chi connectivity index (χ0v) is 11.3. The average Bonchev–Trinajstić information content (AvgIpc) is 2.42. The summed E-state index contributed by atoms with van der Waals surface area (Å²) >= 11 is 0. The van der Waals surface area contributed by atoms with E-state index >= 15 is 0 Å². The van der Waals surface area contributed by atoms with Crippen LogP contribution in [0.2, 0.25) is 0 Å². The van der Waals surface area contributed by atoms with Crippen LogP contribution in [0.5, 0.6) is 11.5 Å². The molecule has 0 bridgehead atoms. The summed E-state index contributed by atoms with van der Waals surface area (Å²) in [6.07, 6.45) is 2.24. The second-order valence-electron chi connectivity index (χ2n) is 4.00. The number of methoxy groups -OCH3 is 1. The van der Waals surface area contributed by atoms with Crippen LogP contribution in [-0.4, -0.2) is 26.9 Å². The monoisotopic (exact) mass is 253 g/mol. The van der Waals surface area contributed by atoms with Crippen LogP contribution in [0.1, 0.15) is 25.3 Å². The van der Waals surface area contributed by atoms with Gasteiger partial charge < -0.3 is 19.9 Å². The van der Waals surface area contributed by atoms with Crippen LogP contribution >= 0.6 is 0 Å². The maximum Gasteiger partial charge on any atom is 0.161 e. The van der Waals surface area contributed by atoms with Crippen LogP contribution in [0.3, 0.4) is 0 Å². The van der Waals surface area contributed by atoms with E-state index in [4.69, 9.17) is 19.9 Å². The van der Waals surface area contributed by atoms with Gasteiger partial charge in [0.1, 0.15) is 6.61 Å². The van der Waals surface area contributed by atoms with Gasteiger partial charge in [-0.15, -0.1) is 0 Å². The minimum absolute atomic E-state index is 0.497. The first-order chi connectivity index (χ1) is 8.81. The van der Waals surface area contributed by atoms with Gasteiger partial charge in [-0.1, -0.05) is 19.4 Å². The van der Waals surface area contributed by atoms with Crippen LogP contribution < -0.4 is 15.2 Å². The molecule has 1 aromatic carbocycles. The van der Waals surface area contributed by atoms with E-state index in [0.717, 1.165) is 30.8 Å². The van der Waals surface area contributed by atoms with Gasteiger partial charge in [0.2, 0.25) is 0 Å². The van der Waals surface area contributed by atoms with Gasteiger partial charge in [-0.2, -0.15) is 0 Å². The lowest BCUT2D eigenvalue weighted by Gasteiger charge is -2.11. The summed E-state index contributed by atoms with van der Waals surface area (Å²) < 4.78 is 16.3. The molecule has 1 aromatic rings. The molecule has 0 aliphatic carbocycles. The Kier molecular flexibility index (Phi) is 7.22. The van der Waals surface area contributed by atoms with E-state index in [-0.39, 0.29) is 0 Å². The Morgan fingerprint density at radius 2 is 1.94 bits per heavy atom. The second kappa shape index (κ2) is 8.78. The number of hydrogen-bond donors (Lipinski definition) is 1. The zero-order valence-electron chi connectivity index (χ0n) is 11.3. The van der Waals surface area contributed by atoms with Crippen LogP contribution in [0, 0.1) is 0 Å². The lowest BCUT2D eigenvalue weighted by Crippen LogP contribution is -2.08. The molecular weight excluding hydrogens is 230 g/mol. The van der Waals surface area contributed by atoms with Crippen molar-refractivity contribution in [3.05, 3.63) is 23.8 Å². The zero-order chi connectivity index (χ0) is 13.2. The van der Waals surface area contributed by atoms with Crippen molar-refractivity contribution in [1.82, 2.24) is 0 Å². The fraction of sp³-hybridized carbons (Fsp3) is 0.571. The number of nitrogens with two attached hydrogens (primary N) is 1. The van der Waals surface area contributed by atoms with Crippen LogP contribution in [0.4, 0.5) is 0 Å². The summed E-state index contributed by atoms with van der Waals surface area (Å²) in [4.78, 5) is 0. The minimum Gasteiger partial charge on any atom is -0.493 e. The number of ether oxygens (including phenoxy) is 3. The molecule has 0 unspecified atom stereocenters. The Morgan fingerprint density at radius 1 is 1.11 bits per heavy atom. The number of benzene rings is 1. The third-order valence-electron chi connectivity index (χ3n) is 2.59. The SMILES string of the molecule is CCCCOCCOc1ccc(CN)cc1OC.